The summed E-state index contributed by atoms with van der Waals surface area (Å²) in [4.78, 5) is 0. The van der Waals surface area contributed by atoms with E-state index in [1.807, 2.05) is 0 Å². The van der Waals surface area contributed by atoms with E-state index in [2.05, 4.69) is 6.92 Å². The summed E-state index contributed by atoms with van der Waals surface area (Å²) in [5.74, 6) is 1.09. The summed E-state index contributed by atoms with van der Waals surface area (Å²) in [6, 6.07) is 3.48. The third kappa shape index (κ3) is 3.84. The van der Waals surface area contributed by atoms with Crippen LogP contribution in [0.2, 0.25) is 0 Å². The van der Waals surface area contributed by atoms with E-state index in [0.717, 1.165) is 19.3 Å². The second-order valence-corrected chi connectivity index (χ2v) is 4.29. The SMILES string of the molecule is CCCCC(OC)c1ccc(C(O)C(C)O)o1. The first kappa shape index (κ1) is 14.2. The van der Waals surface area contributed by atoms with Crippen LogP contribution in [-0.4, -0.2) is 23.4 Å². The zero-order valence-electron chi connectivity index (χ0n) is 10.7. The molecule has 0 aliphatic carbocycles. The number of ether oxygens (including phenoxy) is 1. The monoisotopic (exact) mass is 242 g/mol. The van der Waals surface area contributed by atoms with Gasteiger partial charge in [0.25, 0.3) is 0 Å². The summed E-state index contributed by atoms with van der Waals surface area (Å²) in [6.45, 7) is 3.65. The fourth-order valence-corrected chi connectivity index (χ4v) is 1.70. The van der Waals surface area contributed by atoms with Crippen LogP contribution in [0.5, 0.6) is 0 Å². The minimum Gasteiger partial charge on any atom is -0.460 e. The molecule has 0 aromatic carbocycles. The predicted octanol–water partition coefficient (Wildman–Crippen LogP) is 2.57. The van der Waals surface area contributed by atoms with Crippen LogP contribution in [0.15, 0.2) is 16.5 Å². The normalized spacial score (nSPS) is 16.8. The molecule has 1 rings (SSSR count). The van der Waals surface area contributed by atoms with Crippen LogP contribution < -0.4 is 0 Å². The highest BCUT2D eigenvalue weighted by atomic mass is 16.5. The van der Waals surface area contributed by atoms with Gasteiger partial charge in [-0.25, -0.2) is 0 Å². The maximum absolute atomic E-state index is 9.66. The molecule has 4 nitrogen and oxygen atoms in total. The molecule has 0 radical (unpaired) electrons. The highest BCUT2D eigenvalue weighted by Gasteiger charge is 2.20. The molecule has 1 heterocycles. The highest BCUT2D eigenvalue weighted by molar-refractivity contribution is 5.12. The minimum absolute atomic E-state index is 0.0788. The van der Waals surface area contributed by atoms with E-state index >= 15 is 0 Å². The number of unbranched alkanes of at least 4 members (excludes halogenated alkanes) is 1. The Bertz CT molecular complexity index is 319. The Labute approximate surface area is 102 Å². The zero-order chi connectivity index (χ0) is 12.8. The first-order chi connectivity index (χ1) is 8.10. The molecule has 0 saturated heterocycles. The van der Waals surface area contributed by atoms with Crippen molar-refractivity contribution in [1.29, 1.82) is 0 Å². The van der Waals surface area contributed by atoms with Crippen molar-refractivity contribution in [1.82, 2.24) is 0 Å². The van der Waals surface area contributed by atoms with Crippen molar-refractivity contribution in [3.63, 3.8) is 0 Å². The molecule has 0 saturated carbocycles. The summed E-state index contributed by atoms with van der Waals surface area (Å²) in [5.41, 5.74) is 0. The third-order valence-electron chi connectivity index (χ3n) is 2.82. The van der Waals surface area contributed by atoms with E-state index < -0.39 is 12.2 Å². The second kappa shape index (κ2) is 6.79. The quantitative estimate of drug-likeness (QED) is 0.771. The van der Waals surface area contributed by atoms with Gasteiger partial charge in [0, 0.05) is 7.11 Å². The molecule has 1 aromatic rings. The average molecular weight is 242 g/mol. The Hall–Kier alpha value is -0.840. The van der Waals surface area contributed by atoms with Crippen molar-refractivity contribution in [3.05, 3.63) is 23.7 Å². The lowest BCUT2D eigenvalue weighted by Crippen LogP contribution is -2.12. The van der Waals surface area contributed by atoms with Crippen LogP contribution in [0.25, 0.3) is 0 Å². The van der Waals surface area contributed by atoms with Crippen LogP contribution in [-0.2, 0) is 4.74 Å². The number of aliphatic hydroxyl groups is 2. The Morgan fingerprint density at radius 1 is 1.29 bits per heavy atom. The van der Waals surface area contributed by atoms with Gasteiger partial charge in [0.2, 0.25) is 0 Å². The molecule has 3 unspecified atom stereocenters. The van der Waals surface area contributed by atoms with Crippen LogP contribution >= 0.6 is 0 Å². The lowest BCUT2D eigenvalue weighted by atomic mass is 10.1. The number of methoxy groups -OCH3 is 1. The van der Waals surface area contributed by atoms with Gasteiger partial charge in [-0.1, -0.05) is 19.8 Å². The molecule has 0 aliphatic rings. The molecule has 0 aliphatic heterocycles. The lowest BCUT2D eigenvalue weighted by molar-refractivity contribution is 0.0119. The molecule has 0 spiro atoms. The largest absolute Gasteiger partial charge is 0.460 e. The van der Waals surface area contributed by atoms with Crippen LogP contribution in [0.3, 0.4) is 0 Å². The van der Waals surface area contributed by atoms with Crippen molar-refractivity contribution in [3.8, 4) is 0 Å². The Balaban J connectivity index is 2.71. The van der Waals surface area contributed by atoms with Gasteiger partial charge in [0.15, 0.2) is 0 Å². The number of hydrogen-bond donors (Lipinski definition) is 2. The fourth-order valence-electron chi connectivity index (χ4n) is 1.70. The molecule has 2 N–H and O–H groups in total. The Kier molecular flexibility index (Phi) is 5.68. The van der Waals surface area contributed by atoms with E-state index in [9.17, 15) is 10.2 Å². The summed E-state index contributed by atoms with van der Waals surface area (Å²) in [6.07, 6.45) is 1.16. The standard InChI is InChI=1S/C13H22O4/c1-4-5-6-10(16-3)11-7-8-12(17-11)13(15)9(2)14/h7-10,13-15H,4-6H2,1-3H3. The molecule has 98 valence electrons. The van der Waals surface area contributed by atoms with Crippen molar-refractivity contribution in [2.75, 3.05) is 7.11 Å². The number of hydrogen-bond acceptors (Lipinski definition) is 4. The van der Waals surface area contributed by atoms with Gasteiger partial charge in [-0.3, -0.25) is 0 Å². The van der Waals surface area contributed by atoms with Gasteiger partial charge in [-0.15, -0.1) is 0 Å². The first-order valence-electron chi connectivity index (χ1n) is 6.08. The summed E-state index contributed by atoms with van der Waals surface area (Å²) >= 11 is 0. The van der Waals surface area contributed by atoms with E-state index in [1.165, 1.54) is 6.92 Å². The van der Waals surface area contributed by atoms with Gasteiger partial charge in [-0.2, -0.15) is 0 Å². The zero-order valence-corrected chi connectivity index (χ0v) is 10.7. The van der Waals surface area contributed by atoms with Crippen molar-refractivity contribution >= 4 is 0 Å². The molecule has 0 fully saturated rings. The van der Waals surface area contributed by atoms with E-state index in [-0.39, 0.29) is 6.10 Å². The van der Waals surface area contributed by atoms with Crippen LogP contribution in [0, 0.1) is 0 Å². The smallest absolute Gasteiger partial charge is 0.137 e. The average Bonchev–Trinajstić information content (AvgIpc) is 2.78. The topological polar surface area (TPSA) is 62.8 Å². The Morgan fingerprint density at radius 2 is 1.94 bits per heavy atom. The minimum atomic E-state index is -0.979. The summed E-state index contributed by atoms with van der Waals surface area (Å²) in [7, 11) is 1.65. The van der Waals surface area contributed by atoms with Crippen molar-refractivity contribution in [2.24, 2.45) is 0 Å². The van der Waals surface area contributed by atoms with Gasteiger partial charge < -0.3 is 19.4 Å². The number of rotatable bonds is 7. The van der Waals surface area contributed by atoms with Crippen LogP contribution in [0.4, 0.5) is 0 Å². The van der Waals surface area contributed by atoms with E-state index in [4.69, 9.17) is 9.15 Å². The van der Waals surface area contributed by atoms with Gasteiger partial charge >= 0.3 is 0 Å². The summed E-state index contributed by atoms with van der Waals surface area (Å²) in [5, 5.41) is 18.9. The number of furan rings is 1. The molecule has 3 atom stereocenters. The predicted molar refractivity (Wildman–Crippen MR) is 64.6 cm³/mol. The van der Waals surface area contributed by atoms with Gasteiger partial charge in [0.1, 0.15) is 23.7 Å². The molecule has 17 heavy (non-hydrogen) atoms. The maximum atomic E-state index is 9.66. The molecular formula is C13H22O4. The molecule has 1 aromatic heterocycles. The fraction of sp³-hybridized carbons (Fsp3) is 0.692. The maximum Gasteiger partial charge on any atom is 0.137 e. The lowest BCUT2D eigenvalue weighted by Gasteiger charge is -2.13. The van der Waals surface area contributed by atoms with Gasteiger partial charge in [0.05, 0.1) is 6.10 Å². The van der Waals surface area contributed by atoms with E-state index in [0.29, 0.717) is 11.5 Å². The third-order valence-corrected chi connectivity index (χ3v) is 2.82. The van der Waals surface area contributed by atoms with Crippen LogP contribution in [0.1, 0.15) is 56.8 Å². The molecule has 4 heteroatoms. The molecular weight excluding hydrogens is 220 g/mol. The summed E-state index contributed by atoms with van der Waals surface area (Å²) < 4.78 is 10.9. The van der Waals surface area contributed by atoms with Gasteiger partial charge in [-0.05, 0) is 25.5 Å². The second-order valence-electron chi connectivity index (χ2n) is 4.29. The molecule has 0 amide bonds. The van der Waals surface area contributed by atoms with E-state index in [1.54, 1.807) is 19.2 Å². The molecule has 0 bridgehead atoms. The van der Waals surface area contributed by atoms with Crippen molar-refractivity contribution in [2.45, 2.75) is 51.4 Å². The van der Waals surface area contributed by atoms with Crippen molar-refractivity contribution < 1.29 is 19.4 Å². The first-order valence-corrected chi connectivity index (χ1v) is 6.08. The number of aliphatic hydroxyl groups excluding tert-OH is 2. The highest BCUT2D eigenvalue weighted by Crippen LogP contribution is 2.28. The Morgan fingerprint density at radius 3 is 2.47 bits per heavy atom.